The summed E-state index contributed by atoms with van der Waals surface area (Å²) in [5.74, 6) is -0.332. The van der Waals surface area contributed by atoms with Crippen molar-refractivity contribution in [2.75, 3.05) is 33.8 Å². The van der Waals surface area contributed by atoms with E-state index in [2.05, 4.69) is 5.32 Å². The molecule has 0 aromatic heterocycles. The van der Waals surface area contributed by atoms with Crippen LogP contribution in [0.1, 0.15) is 25.3 Å². The van der Waals surface area contributed by atoms with Crippen LogP contribution in [0.4, 0.5) is 0 Å². The van der Waals surface area contributed by atoms with Gasteiger partial charge in [0.15, 0.2) is 0 Å². The minimum atomic E-state index is -3.82. The molecule has 2 aromatic rings. The molecule has 1 N–H and O–H groups in total. The molecule has 1 atom stereocenters. The molecule has 2 aromatic carbocycles. The first-order valence-corrected chi connectivity index (χ1v) is 14.4. The number of amides is 1. The monoisotopic (exact) mass is 543 g/mol. The van der Waals surface area contributed by atoms with Crippen LogP contribution in [-0.4, -0.2) is 65.1 Å². The van der Waals surface area contributed by atoms with Crippen molar-refractivity contribution < 1.29 is 26.4 Å². The van der Waals surface area contributed by atoms with Crippen LogP contribution in [0.3, 0.4) is 0 Å². The van der Waals surface area contributed by atoms with E-state index in [0.717, 1.165) is 9.87 Å². The van der Waals surface area contributed by atoms with E-state index in [-0.39, 0.29) is 33.8 Å². The fraction of sp³-hybridized carbons (Fsp3) is 0.435. The fourth-order valence-corrected chi connectivity index (χ4v) is 6.51. The molecule has 35 heavy (non-hydrogen) atoms. The number of sulfonamides is 2. The average molecular weight is 544 g/mol. The molecular weight excluding hydrogens is 514 g/mol. The number of hydrogen-bond acceptors (Lipinski definition) is 6. The van der Waals surface area contributed by atoms with Gasteiger partial charge in [0, 0.05) is 33.7 Å². The van der Waals surface area contributed by atoms with E-state index in [1.165, 1.54) is 48.7 Å². The van der Waals surface area contributed by atoms with E-state index in [0.29, 0.717) is 31.7 Å². The lowest BCUT2D eigenvalue weighted by Crippen LogP contribution is -2.45. The summed E-state index contributed by atoms with van der Waals surface area (Å²) in [6, 6.07) is 10.6. The molecule has 192 valence electrons. The zero-order valence-electron chi connectivity index (χ0n) is 19.9. The number of hydrogen-bond donors (Lipinski definition) is 1. The highest BCUT2D eigenvalue weighted by Crippen LogP contribution is 2.30. The maximum absolute atomic E-state index is 13.2. The second kappa shape index (κ2) is 11.3. The van der Waals surface area contributed by atoms with E-state index in [4.69, 9.17) is 16.3 Å². The summed E-state index contributed by atoms with van der Waals surface area (Å²) >= 11 is 6.17. The molecule has 0 unspecified atom stereocenters. The minimum absolute atomic E-state index is 0.0553. The molecule has 1 heterocycles. The van der Waals surface area contributed by atoms with Gasteiger partial charge in [-0.25, -0.2) is 21.1 Å². The normalized spacial score (nSPS) is 17.3. The largest absolute Gasteiger partial charge is 0.492 e. The predicted molar refractivity (Wildman–Crippen MR) is 133 cm³/mol. The van der Waals surface area contributed by atoms with Gasteiger partial charge in [-0.05, 0) is 55.7 Å². The smallest absolute Gasteiger partial charge is 0.243 e. The molecule has 3 rings (SSSR count). The Morgan fingerprint density at radius 2 is 1.77 bits per heavy atom. The van der Waals surface area contributed by atoms with Gasteiger partial charge in [-0.1, -0.05) is 23.7 Å². The van der Waals surface area contributed by atoms with Gasteiger partial charge in [0.25, 0.3) is 0 Å². The molecule has 1 amide bonds. The van der Waals surface area contributed by atoms with Crippen LogP contribution in [0.15, 0.2) is 52.3 Å². The van der Waals surface area contributed by atoms with Crippen molar-refractivity contribution in [2.45, 2.75) is 36.1 Å². The van der Waals surface area contributed by atoms with Crippen LogP contribution in [0.25, 0.3) is 0 Å². The molecule has 1 fully saturated rings. The highest BCUT2D eigenvalue weighted by Gasteiger charge is 2.33. The quantitative estimate of drug-likeness (QED) is 0.520. The summed E-state index contributed by atoms with van der Waals surface area (Å²) in [6.07, 6.45) is 1.13. The second-order valence-electron chi connectivity index (χ2n) is 8.38. The maximum Gasteiger partial charge on any atom is 0.243 e. The molecule has 0 saturated carbocycles. The van der Waals surface area contributed by atoms with E-state index >= 15 is 0 Å². The van der Waals surface area contributed by atoms with Crippen molar-refractivity contribution in [1.29, 1.82) is 0 Å². The third-order valence-corrected chi connectivity index (χ3v) is 9.75. The van der Waals surface area contributed by atoms with Crippen molar-refractivity contribution in [2.24, 2.45) is 5.92 Å². The van der Waals surface area contributed by atoms with Gasteiger partial charge < -0.3 is 10.1 Å². The molecule has 1 aliphatic heterocycles. The third kappa shape index (κ3) is 6.34. The van der Waals surface area contributed by atoms with Crippen molar-refractivity contribution in [3.63, 3.8) is 0 Å². The molecule has 1 aliphatic rings. The Kier molecular flexibility index (Phi) is 8.81. The lowest BCUT2D eigenvalue weighted by molar-refractivity contribution is -0.126. The topological polar surface area (TPSA) is 113 Å². The number of rotatable bonds is 9. The Bertz CT molecular complexity index is 1260. The van der Waals surface area contributed by atoms with Crippen LogP contribution >= 0.6 is 11.6 Å². The number of halogens is 1. The summed E-state index contributed by atoms with van der Waals surface area (Å²) in [5.41, 5.74) is 0.736. The Labute approximate surface area is 212 Å². The first-order chi connectivity index (χ1) is 16.5. The van der Waals surface area contributed by atoms with E-state index < -0.39 is 26.0 Å². The van der Waals surface area contributed by atoms with Gasteiger partial charge in [0.2, 0.25) is 26.0 Å². The van der Waals surface area contributed by atoms with Crippen LogP contribution in [0.2, 0.25) is 5.02 Å². The summed E-state index contributed by atoms with van der Waals surface area (Å²) in [6.45, 7) is 2.81. The van der Waals surface area contributed by atoms with Gasteiger partial charge >= 0.3 is 0 Å². The van der Waals surface area contributed by atoms with E-state index in [1.54, 1.807) is 12.1 Å². The Balaban J connectivity index is 1.63. The number of carbonyl (C=O) groups excluding carboxylic acids is 1. The predicted octanol–water partition coefficient (Wildman–Crippen LogP) is 2.71. The molecule has 0 spiro atoms. The first-order valence-electron chi connectivity index (χ1n) is 11.2. The lowest BCUT2D eigenvalue weighted by Gasteiger charge is -2.31. The lowest BCUT2D eigenvalue weighted by atomic mass is 9.99. The summed E-state index contributed by atoms with van der Waals surface area (Å²) in [4.78, 5) is 13.0. The summed E-state index contributed by atoms with van der Waals surface area (Å²) in [7, 11) is -4.43. The van der Waals surface area contributed by atoms with Crippen molar-refractivity contribution in [1.82, 2.24) is 13.9 Å². The van der Waals surface area contributed by atoms with Gasteiger partial charge in [0.1, 0.15) is 5.75 Å². The fourth-order valence-electron chi connectivity index (χ4n) is 3.76. The van der Waals surface area contributed by atoms with Crippen molar-refractivity contribution in [3.8, 4) is 5.75 Å². The molecule has 0 bridgehead atoms. The maximum atomic E-state index is 13.2. The molecule has 12 heteroatoms. The summed E-state index contributed by atoms with van der Waals surface area (Å²) in [5, 5.41) is 3.05. The number of ether oxygens (including phenoxy) is 1. The van der Waals surface area contributed by atoms with E-state index in [1.807, 2.05) is 6.92 Å². The molecule has 0 aliphatic carbocycles. The highest BCUT2D eigenvalue weighted by molar-refractivity contribution is 7.89. The third-order valence-electron chi connectivity index (χ3n) is 5.76. The SMILES string of the molecule is CCOc1ccc(S(=O)(=O)N2CCC[C@@H](C(=O)NCc3ccc(S(=O)(=O)N(C)C)cc3)C2)cc1Cl. The second-order valence-corrected chi connectivity index (χ2v) is 12.9. The average Bonchev–Trinajstić information content (AvgIpc) is 2.84. The number of nitrogens with zero attached hydrogens (tertiary/aromatic N) is 2. The Morgan fingerprint density at radius 1 is 1.11 bits per heavy atom. The molecule has 0 radical (unpaired) electrons. The number of carbonyl (C=O) groups is 1. The zero-order valence-corrected chi connectivity index (χ0v) is 22.3. The molecule has 1 saturated heterocycles. The van der Waals surface area contributed by atoms with Crippen LogP contribution in [-0.2, 0) is 31.4 Å². The number of nitrogens with one attached hydrogen (secondary N) is 1. The van der Waals surface area contributed by atoms with Gasteiger partial charge in [-0.15, -0.1) is 0 Å². The molecular formula is C23H30ClN3O6S2. The van der Waals surface area contributed by atoms with Crippen LogP contribution in [0, 0.1) is 5.92 Å². The van der Waals surface area contributed by atoms with Crippen LogP contribution in [0.5, 0.6) is 5.75 Å². The van der Waals surface area contributed by atoms with E-state index in [9.17, 15) is 21.6 Å². The van der Waals surface area contributed by atoms with Gasteiger partial charge in [0.05, 0.1) is 27.3 Å². The Hall–Kier alpha value is -2.18. The Morgan fingerprint density at radius 3 is 2.37 bits per heavy atom. The number of piperidine rings is 1. The molecule has 9 nitrogen and oxygen atoms in total. The van der Waals surface area contributed by atoms with Crippen molar-refractivity contribution >= 4 is 37.6 Å². The highest BCUT2D eigenvalue weighted by atomic mass is 35.5. The van der Waals surface area contributed by atoms with Crippen LogP contribution < -0.4 is 10.1 Å². The van der Waals surface area contributed by atoms with Gasteiger partial charge in [-0.2, -0.15) is 4.31 Å². The standard InChI is InChI=1S/C23H30ClN3O6S2/c1-4-33-22-12-11-20(14-21(22)24)35(31,32)27-13-5-6-18(16-27)23(28)25-15-17-7-9-19(10-8-17)34(29,30)26(2)3/h7-12,14,18H,4-6,13,15-16H2,1-3H3,(H,25,28)/t18-/m1/s1. The zero-order chi connectivity index (χ0) is 25.8. The minimum Gasteiger partial charge on any atom is -0.492 e. The summed E-state index contributed by atoms with van der Waals surface area (Å²) < 4.78 is 58.5. The van der Waals surface area contributed by atoms with Gasteiger partial charge in [-0.3, -0.25) is 4.79 Å². The number of benzene rings is 2. The first kappa shape index (κ1) is 27.4. The van der Waals surface area contributed by atoms with Crippen molar-refractivity contribution in [3.05, 3.63) is 53.1 Å².